The molecule has 19 nitrogen and oxygen atoms in total. The van der Waals surface area contributed by atoms with Gasteiger partial charge in [-0.2, -0.15) is 0 Å². The summed E-state index contributed by atoms with van der Waals surface area (Å²) in [7, 11) is -41.3. The Balaban J connectivity index is 1.78. The van der Waals surface area contributed by atoms with E-state index >= 15 is 0 Å². The van der Waals surface area contributed by atoms with Crippen LogP contribution in [-0.2, 0) is 79.1 Å². The van der Waals surface area contributed by atoms with Crippen molar-refractivity contribution < 1.29 is 79.1 Å². The maximum absolute atomic E-state index is 7.20. The third kappa shape index (κ3) is 31.0. The van der Waals surface area contributed by atoms with E-state index in [4.69, 9.17) is 79.1 Å². The molecule has 75 heavy (non-hydrogen) atoms. The van der Waals surface area contributed by atoms with Crippen LogP contribution < -0.4 is 0 Å². The van der Waals surface area contributed by atoms with Crippen molar-refractivity contribution in [3.8, 4) is 0 Å². The molecule has 12 unspecified atom stereocenters. The van der Waals surface area contributed by atoms with Crippen LogP contribution in [0.3, 0.4) is 0 Å². The maximum Gasteiger partial charge on any atom is 0.641 e. The summed E-state index contributed by atoms with van der Waals surface area (Å²) in [6.45, 7) is 52.0. The molecule has 0 bridgehead atoms. The first kappa shape index (κ1) is 72.8. The Labute approximate surface area is 487 Å². The van der Waals surface area contributed by atoms with Crippen LogP contribution in [0.25, 0.3) is 0 Å². The van der Waals surface area contributed by atoms with Gasteiger partial charge in [0.25, 0.3) is 38.6 Å². The molecular weight excluding hydrogens is 1300 g/mol. The predicted molar refractivity (Wildman–Crippen MR) is 351 cm³/mol. The summed E-state index contributed by atoms with van der Waals surface area (Å²) >= 11 is 0. The third-order valence-corrected chi connectivity index (χ3v) is 76.8. The summed E-state index contributed by atoms with van der Waals surface area (Å²) in [5.74, 6) is 0. The van der Waals surface area contributed by atoms with Crippen LogP contribution in [0.15, 0.2) is 0 Å². The van der Waals surface area contributed by atoms with Gasteiger partial charge in [-0.05, 0) is 206 Å². The second kappa shape index (κ2) is 32.4. The fourth-order valence-electron chi connectivity index (χ4n) is 10.2. The van der Waals surface area contributed by atoms with Gasteiger partial charge in [-0.1, -0.05) is 6.55 Å². The summed E-state index contributed by atoms with van der Waals surface area (Å²) in [5.41, 5.74) is 0. The van der Waals surface area contributed by atoms with Crippen LogP contribution in [0, 0.1) is 0 Å². The van der Waals surface area contributed by atoms with E-state index in [-0.39, 0.29) is 18.3 Å². The quantitative estimate of drug-likeness (QED) is 0.0739. The Kier molecular flexibility index (Phi) is 31.4. The third-order valence-electron chi connectivity index (χ3n) is 12.3. The number of rotatable bonds is 29. The second-order valence-corrected chi connectivity index (χ2v) is 81.2. The molecule has 3 saturated heterocycles. The van der Waals surface area contributed by atoms with Crippen LogP contribution in [0.4, 0.5) is 0 Å². The fourth-order valence-corrected chi connectivity index (χ4v) is 85.6. The Morgan fingerprint density at radius 2 is 0.760 bits per heavy atom. The molecule has 0 saturated carbocycles. The smallest absolute Gasteiger partial charge is 0.441 e. The Bertz CT molecular complexity index is 1540. The maximum atomic E-state index is 7.20. The molecule has 3 fully saturated rings. The zero-order valence-corrected chi connectivity index (χ0v) is 73.8. The normalized spacial score (nSPS) is 31.4. The molecule has 0 aromatic heterocycles. The summed E-state index contributed by atoms with van der Waals surface area (Å²) in [6.07, 6.45) is 0.561. The van der Waals surface area contributed by atoms with Gasteiger partial charge in [0, 0.05) is 18.3 Å². The van der Waals surface area contributed by atoms with Crippen LogP contribution in [0.5, 0.6) is 0 Å². The molecule has 0 aliphatic carbocycles. The van der Waals surface area contributed by atoms with Crippen molar-refractivity contribution in [3.05, 3.63) is 0 Å². The van der Waals surface area contributed by atoms with Crippen molar-refractivity contribution in [3.63, 3.8) is 0 Å². The van der Waals surface area contributed by atoms with E-state index in [0.717, 1.165) is 54.4 Å². The molecular formula is C36H108O19Si20. The number of hydrogen-bond donors (Lipinski definition) is 0. The van der Waals surface area contributed by atoms with Crippen molar-refractivity contribution in [1.29, 1.82) is 0 Å². The van der Waals surface area contributed by atoms with E-state index in [1.54, 1.807) is 0 Å². The molecule has 3 aliphatic heterocycles. The Morgan fingerprint density at radius 1 is 0.400 bits per heavy atom. The second-order valence-electron chi connectivity index (χ2n) is 24.6. The monoisotopic (exact) mass is 1400 g/mol. The zero-order chi connectivity index (χ0) is 56.8. The van der Waals surface area contributed by atoms with Crippen LogP contribution in [0.1, 0.15) is 20.8 Å². The van der Waals surface area contributed by atoms with E-state index in [9.17, 15) is 0 Å². The van der Waals surface area contributed by atoms with Crippen LogP contribution in [0.2, 0.25) is 192 Å². The van der Waals surface area contributed by atoms with Crippen molar-refractivity contribution in [2.24, 2.45) is 0 Å². The average Bonchev–Trinajstić information content (AvgIpc) is 3.16. The predicted octanol–water partition coefficient (Wildman–Crippen LogP) is 4.77. The van der Waals surface area contributed by atoms with Crippen molar-refractivity contribution in [1.82, 2.24) is 0 Å². The van der Waals surface area contributed by atoms with E-state index < -0.39 is 181 Å². The lowest BCUT2D eigenvalue weighted by molar-refractivity contribution is 0.123. The average molecular weight is 1410 g/mol. The molecule has 12 atom stereocenters. The summed E-state index contributed by atoms with van der Waals surface area (Å²) in [5, 5.41) is 0. The van der Waals surface area contributed by atoms with Crippen LogP contribution in [-0.4, -0.2) is 199 Å². The lowest BCUT2D eigenvalue weighted by Gasteiger charge is -2.44. The van der Waals surface area contributed by atoms with Gasteiger partial charge in [0.2, 0.25) is 0 Å². The van der Waals surface area contributed by atoms with Crippen molar-refractivity contribution >= 4 is 181 Å². The van der Waals surface area contributed by atoms with E-state index in [0.29, 0.717) is 0 Å². The minimum absolute atomic E-state index is 0.170. The van der Waals surface area contributed by atoms with Gasteiger partial charge in [0.1, 0.15) is 0 Å². The summed E-state index contributed by atoms with van der Waals surface area (Å²) in [4.78, 5) is 0. The summed E-state index contributed by atoms with van der Waals surface area (Å²) in [6, 6.07) is 8.55. The van der Waals surface area contributed by atoms with Gasteiger partial charge in [0.05, 0.1) is 0 Å². The van der Waals surface area contributed by atoms with Gasteiger partial charge < -0.3 is 79.1 Å². The van der Waals surface area contributed by atoms with Crippen molar-refractivity contribution in [2.75, 3.05) is 0 Å². The molecule has 3 rings (SSSR count). The first-order chi connectivity index (χ1) is 34.3. The SMILES string of the molecule is C[SiH2]O[Si](O[SiH2]O[SiH2]O[Si](C)(C)CC[SiH]1O[SiH](C)CC(C)O[SiH](C)O1)(O[Si](C)(C)O[Si](C)(C)O[Si](C)(C)CC[SiH]1OC(C)C[SiH](C)O[SiH](C)O1)O[Si](C)(C)O[Si](C)(C)O[Si](C)(C)CC[SiH]1OC(C)C[SiH](C)O[SiH](C)O1. The molecule has 0 aromatic rings. The highest BCUT2D eigenvalue weighted by atomic mass is 28.6. The van der Waals surface area contributed by atoms with Gasteiger partial charge in [-0.3, -0.25) is 0 Å². The van der Waals surface area contributed by atoms with Gasteiger partial charge in [0.15, 0.2) is 61.8 Å². The van der Waals surface area contributed by atoms with E-state index in [1.807, 2.05) is 26.2 Å². The highest BCUT2D eigenvalue weighted by molar-refractivity contribution is 6.92. The Hall–Kier alpha value is 3.58. The van der Waals surface area contributed by atoms with Crippen LogP contribution >= 0.6 is 0 Å². The molecule has 0 amide bonds. The molecule has 0 radical (unpaired) electrons. The topological polar surface area (TPSA) is 175 Å². The lowest BCUT2D eigenvalue weighted by atomic mass is 10.5. The molecule has 0 aromatic carbocycles. The fraction of sp³-hybridized carbons (Fsp3) is 1.00. The minimum atomic E-state index is -3.96. The van der Waals surface area contributed by atoms with E-state index in [1.165, 1.54) is 0 Å². The van der Waals surface area contributed by atoms with Gasteiger partial charge in [-0.25, -0.2) is 0 Å². The zero-order valence-electron chi connectivity index (χ0n) is 51.2. The molecule has 3 heterocycles. The molecule has 39 heteroatoms. The van der Waals surface area contributed by atoms with Gasteiger partial charge >= 0.3 is 80.4 Å². The van der Waals surface area contributed by atoms with E-state index in [2.05, 4.69) is 132 Å². The highest BCUT2D eigenvalue weighted by Crippen LogP contribution is 2.33. The highest BCUT2D eigenvalue weighted by Gasteiger charge is 2.57. The minimum Gasteiger partial charge on any atom is -0.441 e. The molecule has 0 spiro atoms. The molecule has 0 N–H and O–H groups in total. The summed E-state index contributed by atoms with van der Waals surface area (Å²) < 4.78 is 128. The Morgan fingerprint density at radius 3 is 1.20 bits per heavy atom. The first-order valence-corrected chi connectivity index (χ1v) is 73.3. The largest absolute Gasteiger partial charge is 0.641 e. The molecule has 446 valence electrons. The lowest BCUT2D eigenvalue weighted by Crippen LogP contribution is -2.66. The standard InChI is InChI=1S/C36H108O19Si20/c1-34-31-61(7)46-67(47-62(8)37-34)27-28-68(11,12)42-57-40-58-43-75(41-56-4,54-73(21,22)52-71(17,18)50-69(13,14)29-25-65-38-35(2)32-59(5)44-63(9)48-65)55-74(23,24)53-72(19,20)51-70(15,16)30-26-66-39-36(3)33-60(6)45-64(10)49-66/h34-36,59-67H,25-33,56-58H2,1-24H3. The van der Waals surface area contributed by atoms with Gasteiger partial charge in [-0.15, -0.1) is 0 Å². The van der Waals surface area contributed by atoms with Crippen molar-refractivity contribution in [2.45, 2.75) is 231 Å². The first-order valence-electron chi connectivity index (χ1n) is 27.9. The number of hydrogen-bond acceptors (Lipinski definition) is 19. The molecule has 3 aliphatic rings.